The second kappa shape index (κ2) is 5.98. The summed E-state index contributed by atoms with van der Waals surface area (Å²) >= 11 is 3.53. The molecule has 2 rings (SSSR count). The van der Waals surface area contributed by atoms with Crippen molar-refractivity contribution in [3.63, 3.8) is 0 Å². The highest BCUT2D eigenvalue weighted by Crippen LogP contribution is 2.26. The number of likely N-dealkylation sites (tertiary alicyclic amines) is 1. The van der Waals surface area contributed by atoms with Crippen molar-refractivity contribution in [3.05, 3.63) is 22.6 Å². The SMILES string of the molecule is C[C@H](NC1CCN(C(C)(C)C)CC1)c1occc1Br. The molecule has 0 amide bonds. The molecule has 3 nitrogen and oxygen atoms in total. The Balaban J connectivity index is 1.85. The van der Waals surface area contributed by atoms with Crippen molar-refractivity contribution >= 4 is 15.9 Å². The molecule has 0 radical (unpaired) electrons. The topological polar surface area (TPSA) is 28.4 Å². The van der Waals surface area contributed by atoms with E-state index < -0.39 is 0 Å². The summed E-state index contributed by atoms with van der Waals surface area (Å²) in [7, 11) is 0. The average molecular weight is 329 g/mol. The van der Waals surface area contributed by atoms with Crippen LogP contribution in [0, 0.1) is 0 Å². The molecular formula is C15H25BrN2O. The molecule has 0 aliphatic carbocycles. The lowest BCUT2D eigenvalue weighted by Crippen LogP contribution is -2.50. The Labute approximate surface area is 124 Å². The summed E-state index contributed by atoms with van der Waals surface area (Å²) in [5.74, 6) is 0.998. The summed E-state index contributed by atoms with van der Waals surface area (Å²) in [6, 6.07) is 2.80. The second-order valence-electron chi connectivity index (χ2n) is 6.45. The van der Waals surface area contributed by atoms with Crippen LogP contribution in [-0.2, 0) is 0 Å². The Hall–Kier alpha value is -0.320. The quantitative estimate of drug-likeness (QED) is 0.910. The fourth-order valence-corrected chi connectivity index (χ4v) is 3.31. The molecule has 4 heteroatoms. The number of nitrogens with zero attached hydrogens (tertiary/aromatic N) is 1. The lowest BCUT2D eigenvalue weighted by Gasteiger charge is -2.41. The molecule has 1 aliphatic rings. The van der Waals surface area contributed by atoms with Crippen LogP contribution >= 0.6 is 15.9 Å². The van der Waals surface area contributed by atoms with Crippen molar-refractivity contribution in [2.45, 2.75) is 58.2 Å². The molecule has 1 fully saturated rings. The molecule has 0 bridgehead atoms. The minimum Gasteiger partial charge on any atom is -0.466 e. The van der Waals surface area contributed by atoms with Crippen LogP contribution < -0.4 is 5.32 Å². The molecular weight excluding hydrogens is 304 g/mol. The molecule has 1 aliphatic heterocycles. The molecule has 2 heterocycles. The van der Waals surface area contributed by atoms with Crippen molar-refractivity contribution in [2.75, 3.05) is 13.1 Å². The van der Waals surface area contributed by atoms with E-state index in [0.29, 0.717) is 11.6 Å². The van der Waals surface area contributed by atoms with Gasteiger partial charge in [-0.2, -0.15) is 0 Å². The summed E-state index contributed by atoms with van der Waals surface area (Å²) < 4.78 is 6.58. The van der Waals surface area contributed by atoms with Gasteiger partial charge >= 0.3 is 0 Å². The Kier molecular flexibility index (Phi) is 4.75. The maximum absolute atomic E-state index is 5.52. The zero-order chi connectivity index (χ0) is 14.0. The van der Waals surface area contributed by atoms with Crippen LogP contribution in [-0.4, -0.2) is 29.6 Å². The van der Waals surface area contributed by atoms with E-state index in [1.807, 2.05) is 6.07 Å². The van der Waals surface area contributed by atoms with Gasteiger partial charge < -0.3 is 9.73 Å². The van der Waals surface area contributed by atoms with Crippen LogP contribution in [0.2, 0.25) is 0 Å². The van der Waals surface area contributed by atoms with Gasteiger partial charge in [-0.1, -0.05) is 0 Å². The fourth-order valence-electron chi connectivity index (χ4n) is 2.76. The van der Waals surface area contributed by atoms with E-state index in [4.69, 9.17) is 4.42 Å². The minimum atomic E-state index is 0.260. The molecule has 108 valence electrons. The molecule has 19 heavy (non-hydrogen) atoms. The number of furan rings is 1. The third kappa shape index (κ3) is 3.83. The first-order valence-electron chi connectivity index (χ1n) is 7.12. The molecule has 0 unspecified atom stereocenters. The zero-order valence-electron chi connectivity index (χ0n) is 12.4. The maximum atomic E-state index is 5.52. The van der Waals surface area contributed by atoms with Gasteiger partial charge in [-0.3, -0.25) is 4.90 Å². The van der Waals surface area contributed by atoms with Crippen molar-refractivity contribution in [3.8, 4) is 0 Å². The first kappa shape index (κ1) is 15.1. The van der Waals surface area contributed by atoms with Gasteiger partial charge in [-0.05, 0) is 62.5 Å². The van der Waals surface area contributed by atoms with E-state index in [2.05, 4.69) is 53.8 Å². The molecule has 1 saturated heterocycles. The molecule has 0 spiro atoms. The van der Waals surface area contributed by atoms with Gasteiger partial charge in [0.1, 0.15) is 5.76 Å². The largest absolute Gasteiger partial charge is 0.466 e. The van der Waals surface area contributed by atoms with E-state index in [-0.39, 0.29) is 6.04 Å². The summed E-state index contributed by atoms with van der Waals surface area (Å²) in [6.45, 7) is 11.4. The number of nitrogens with one attached hydrogen (secondary N) is 1. The van der Waals surface area contributed by atoms with E-state index >= 15 is 0 Å². The van der Waals surface area contributed by atoms with E-state index in [1.165, 1.54) is 25.9 Å². The highest BCUT2D eigenvalue weighted by molar-refractivity contribution is 9.10. The van der Waals surface area contributed by atoms with E-state index in [9.17, 15) is 0 Å². The number of piperidine rings is 1. The van der Waals surface area contributed by atoms with Crippen LogP contribution in [0.15, 0.2) is 21.2 Å². The van der Waals surface area contributed by atoms with Gasteiger partial charge in [0.05, 0.1) is 16.8 Å². The van der Waals surface area contributed by atoms with Gasteiger partial charge in [0.15, 0.2) is 0 Å². The number of halogens is 1. The number of hydrogen-bond donors (Lipinski definition) is 1. The van der Waals surface area contributed by atoms with Crippen molar-refractivity contribution in [2.24, 2.45) is 0 Å². The molecule has 1 atom stereocenters. The number of hydrogen-bond acceptors (Lipinski definition) is 3. The van der Waals surface area contributed by atoms with Gasteiger partial charge in [0, 0.05) is 24.7 Å². The summed E-state index contributed by atoms with van der Waals surface area (Å²) in [4.78, 5) is 2.57. The molecule has 1 aromatic rings. The Morgan fingerprint density at radius 2 is 2.00 bits per heavy atom. The Morgan fingerprint density at radius 1 is 1.37 bits per heavy atom. The predicted octanol–water partition coefficient (Wildman–Crippen LogP) is 3.96. The Bertz CT molecular complexity index is 403. The maximum Gasteiger partial charge on any atom is 0.134 e. The van der Waals surface area contributed by atoms with Crippen LogP contribution in [0.4, 0.5) is 0 Å². The van der Waals surface area contributed by atoms with Crippen LogP contribution in [0.25, 0.3) is 0 Å². The summed E-state index contributed by atoms with van der Waals surface area (Å²) in [5.41, 5.74) is 0.292. The van der Waals surface area contributed by atoms with Crippen molar-refractivity contribution < 1.29 is 4.42 Å². The third-order valence-corrected chi connectivity index (χ3v) is 4.62. The third-order valence-electron chi connectivity index (χ3n) is 3.97. The standard InChI is InChI=1S/C15H25BrN2O/c1-11(14-13(16)7-10-19-14)17-12-5-8-18(9-6-12)15(2,3)4/h7,10-12,17H,5-6,8-9H2,1-4H3/t11-/m0/s1. The molecule has 1 aromatic heterocycles. The van der Waals surface area contributed by atoms with Gasteiger partial charge in [0.25, 0.3) is 0 Å². The first-order chi connectivity index (χ1) is 8.88. The van der Waals surface area contributed by atoms with E-state index in [1.54, 1.807) is 6.26 Å². The minimum absolute atomic E-state index is 0.260. The lowest BCUT2D eigenvalue weighted by atomic mass is 9.97. The predicted molar refractivity (Wildman–Crippen MR) is 82.3 cm³/mol. The van der Waals surface area contributed by atoms with Crippen molar-refractivity contribution in [1.82, 2.24) is 10.2 Å². The monoisotopic (exact) mass is 328 g/mol. The fraction of sp³-hybridized carbons (Fsp3) is 0.733. The highest BCUT2D eigenvalue weighted by Gasteiger charge is 2.28. The van der Waals surface area contributed by atoms with Crippen LogP contribution in [0.1, 0.15) is 52.3 Å². The summed E-state index contributed by atoms with van der Waals surface area (Å²) in [6.07, 6.45) is 4.15. The van der Waals surface area contributed by atoms with Crippen LogP contribution in [0.5, 0.6) is 0 Å². The highest BCUT2D eigenvalue weighted by atomic mass is 79.9. The van der Waals surface area contributed by atoms with Crippen LogP contribution in [0.3, 0.4) is 0 Å². The normalized spacial score (nSPS) is 20.7. The van der Waals surface area contributed by atoms with Gasteiger partial charge in [0.2, 0.25) is 0 Å². The second-order valence-corrected chi connectivity index (χ2v) is 7.31. The molecule has 0 aromatic carbocycles. The van der Waals surface area contributed by atoms with Gasteiger partial charge in [-0.25, -0.2) is 0 Å². The Morgan fingerprint density at radius 3 is 2.47 bits per heavy atom. The van der Waals surface area contributed by atoms with Crippen molar-refractivity contribution in [1.29, 1.82) is 0 Å². The zero-order valence-corrected chi connectivity index (χ0v) is 14.0. The first-order valence-corrected chi connectivity index (χ1v) is 7.91. The summed E-state index contributed by atoms with van der Waals surface area (Å²) in [5, 5.41) is 3.68. The lowest BCUT2D eigenvalue weighted by molar-refractivity contribution is 0.0935. The van der Waals surface area contributed by atoms with Gasteiger partial charge in [-0.15, -0.1) is 0 Å². The van der Waals surface area contributed by atoms with E-state index in [0.717, 1.165) is 10.2 Å². The molecule has 1 N–H and O–H groups in total. The number of rotatable bonds is 3. The average Bonchev–Trinajstić information content (AvgIpc) is 2.75. The smallest absolute Gasteiger partial charge is 0.134 e. The molecule has 0 saturated carbocycles.